The maximum Gasteiger partial charge on any atom is 0.235 e. The number of fused-ring (bicyclic) bond motifs is 1. The zero-order chi connectivity index (χ0) is 17.1. The fourth-order valence-corrected chi connectivity index (χ4v) is 3.84. The standard InChI is InChI=1S/C18H19N3O3S/c1-22-14-4-2-13(3-5-14)11-24-18-17-15(19-12-20-18)10-16(25-17)21-6-8-23-9-7-21/h2-5,10,12H,6-9,11H2,1H3. The molecule has 1 saturated heterocycles. The van der Waals surface area contributed by atoms with Gasteiger partial charge in [-0.15, -0.1) is 11.3 Å². The second kappa shape index (κ2) is 7.25. The topological polar surface area (TPSA) is 56.7 Å². The van der Waals surface area contributed by atoms with Crippen LogP contribution in [0.15, 0.2) is 36.7 Å². The molecule has 0 radical (unpaired) electrons. The lowest BCUT2D eigenvalue weighted by atomic mass is 10.2. The van der Waals surface area contributed by atoms with Gasteiger partial charge >= 0.3 is 0 Å². The van der Waals surface area contributed by atoms with Crippen LogP contribution in [-0.4, -0.2) is 43.4 Å². The minimum absolute atomic E-state index is 0.459. The quantitative estimate of drug-likeness (QED) is 0.699. The normalized spacial score (nSPS) is 14.7. The van der Waals surface area contributed by atoms with Gasteiger partial charge in [0.15, 0.2) is 0 Å². The number of benzene rings is 1. The predicted molar refractivity (Wildman–Crippen MR) is 97.8 cm³/mol. The van der Waals surface area contributed by atoms with Crippen LogP contribution in [0.2, 0.25) is 0 Å². The minimum Gasteiger partial charge on any atom is -0.497 e. The molecule has 0 aliphatic carbocycles. The van der Waals surface area contributed by atoms with E-state index in [1.165, 1.54) is 5.00 Å². The minimum atomic E-state index is 0.459. The van der Waals surface area contributed by atoms with E-state index in [1.807, 2.05) is 24.3 Å². The van der Waals surface area contributed by atoms with E-state index >= 15 is 0 Å². The molecule has 0 spiro atoms. The molecular formula is C18H19N3O3S. The van der Waals surface area contributed by atoms with Crippen LogP contribution in [0.5, 0.6) is 11.6 Å². The van der Waals surface area contributed by atoms with Crippen LogP contribution in [0.3, 0.4) is 0 Å². The summed E-state index contributed by atoms with van der Waals surface area (Å²) in [6, 6.07) is 9.94. The molecule has 0 saturated carbocycles. The number of hydrogen-bond donors (Lipinski definition) is 0. The number of hydrogen-bond acceptors (Lipinski definition) is 7. The smallest absolute Gasteiger partial charge is 0.235 e. The van der Waals surface area contributed by atoms with Crippen molar-refractivity contribution in [3.8, 4) is 11.6 Å². The van der Waals surface area contributed by atoms with Crippen LogP contribution in [0.4, 0.5) is 5.00 Å². The number of thiophene rings is 1. The first-order valence-electron chi connectivity index (χ1n) is 8.16. The molecule has 1 aliphatic rings. The van der Waals surface area contributed by atoms with Crippen molar-refractivity contribution in [2.45, 2.75) is 6.61 Å². The third-order valence-corrected chi connectivity index (χ3v) is 5.30. The Morgan fingerprint density at radius 1 is 1.16 bits per heavy atom. The lowest BCUT2D eigenvalue weighted by Crippen LogP contribution is -2.35. The largest absolute Gasteiger partial charge is 0.497 e. The Hall–Kier alpha value is -2.38. The van der Waals surface area contributed by atoms with Gasteiger partial charge in [0.1, 0.15) is 23.4 Å². The molecule has 6 nitrogen and oxygen atoms in total. The van der Waals surface area contributed by atoms with Crippen LogP contribution >= 0.6 is 11.3 Å². The number of methoxy groups -OCH3 is 1. The highest BCUT2D eigenvalue weighted by molar-refractivity contribution is 7.23. The number of nitrogens with zero attached hydrogens (tertiary/aromatic N) is 3. The van der Waals surface area contributed by atoms with Crippen molar-refractivity contribution >= 4 is 26.6 Å². The number of morpholine rings is 1. The molecule has 0 N–H and O–H groups in total. The third-order valence-electron chi connectivity index (χ3n) is 4.12. The fraction of sp³-hybridized carbons (Fsp3) is 0.333. The molecule has 0 bridgehead atoms. The van der Waals surface area contributed by atoms with E-state index in [0.717, 1.165) is 47.8 Å². The molecule has 7 heteroatoms. The summed E-state index contributed by atoms with van der Waals surface area (Å²) in [5.41, 5.74) is 1.99. The van der Waals surface area contributed by atoms with E-state index in [2.05, 4.69) is 20.9 Å². The number of rotatable bonds is 5. The van der Waals surface area contributed by atoms with Crippen molar-refractivity contribution in [3.63, 3.8) is 0 Å². The number of anilines is 1. The Bertz CT molecular complexity index is 844. The Kier molecular flexibility index (Phi) is 4.67. The molecule has 0 amide bonds. The Labute approximate surface area is 150 Å². The summed E-state index contributed by atoms with van der Waals surface area (Å²) in [6.07, 6.45) is 1.56. The summed E-state index contributed by atoms with van der Waals surface area (Å²) in [4.78, 5) is 11.0. The van der Waals surface area contributed by atoms with Crippen LogP contribution in [0, 0.1) is 0 Å². The van der Waals surface area contributed by atoms with E-state index in [-0.39, 0.29) is 0 Å². The van der Waals surface area contributed by atoms with E-state index in [4.69, 9.17) is 14.2 Å². The molecule has 1 fully saturated rings. The van der Waals surface area contributed by atoms with Gasteiger partial charge in [-0.05, 0) is 23.8 Å². The molecule has 0 unspecified atom stereocenters. The van der Waals surface area contributed by atoms with Crippen molar-refractivity contribution in [2.24, 2.45) is 0 Å². The molecule has 2 aromatic heterocycles. The fourth-order valence-electron chi connectivity index (χ4n) is 2.74. The Balaban J connectivity index is 1.53. The van der Waals surface area contributed by atoms with E-state index in [9.17, 15) is 0 Å². The number of ether oxygens (including phenoxy) is 3. The molecule has 4 rings (SSSR count). The second-order valence-electron chi connectivity index (χ2n) is 5.71. The van der Waals surface area contributed by atoms with Crippen molar-refractivity contribution < 1.29 is 14.2 Å². The zero-order valence-electron chi connectivity index (χ0n) is 14.0. The van der Waals surface area contributed by atoms with Gasteiger partial charge < -0.3 is 19.1 Å². The highest BCUT2D eigenvalue weighted by Crippen LogP contribution is 2.36. The summed E-state index contributed by atoms with van der Waals surface area (Å²) < 4.78 is 17.5. The predicted octanol–water partition coefficient (Wildman–Crippen LogP) is 3.12. The molecule has 1 aliphatic heterocycles. The molecular weight excluding hydrogens is 338 g/mol. The van der Waals surface area contributed by atoms with Crippen LogP contribution in [-0.2, 0) is 11.3 Å². The van der Waals surface area contributed by atoms with Gasteiger partial charge in [0.25, 0.3) is 0 Å². The molecule has 130 valence electrons. The van der Waals surface area contributed by atoms with Gasteiger partial charge in [-0.1, -0.05) is 12.1 Å². The first-order chi connectivity index (χ1) is 12.3. The van der Waals surface area contributed by atoms with E-state index in [0.29, 0.717) is 12.5 Å². The van der Waals surface area contributed by atoms with Crippen molar-refractivity contribution in [2.75, 3.05) is 38.3 Å². The third kappa shape index (κ3) is 3.52. The molecule has 3 heterocycles. The maximum absolute atomic E-state index is 5.95. The first-order valence-corrected chi connectivity index (χ1v) is 8.98. The van der Waals surface area contributed by atoms with Crippen LogP contribution < -0.4 is 14.4 Å². The average Bonchev–Trinajstić information content (AvgIpc) is 3.12. The highest BCUT2D eigenvalue weighted by atomic mass is 32.1. The number of aromatic nitrogens is 2. The summed E-state index contributed by atoms with van der Waals surface area (Å²) in [7, 11) is 1.66. The summed E-state index contributed by atoms with van der Waals surface area (Å²) >= 11 is 1.67. The van der Waals surface area contributed by atoms with Gasteiger partial charge in [0.2, 0.25) is 5.88 Å². The van der Waals surface area contributed by atoms with Crippen molar-refractivity contribution in [1.29, 1.82) is 0 Å². The van der Waals surface area contributed by atoms with Crippen molar-refractivity contribution in [1.82, 2.24) is 9.97 Å². The first kappa shape index (κ1) is 16.1. The SMILES string of the molecule is COc1ccc(COc2ncnc3cc(N4CCOCC4)sc23)cc1. The van der Waals surface area contributed by atoms with Crippen LogP contribution in [0.1, 0.15) is 5.56 Å². The van der Waals surface area contributed by atoms with Crippen LogP contribution in [0.25, 0.3) is 10.2 Å². The van der Waals surface area contributed by atoms with Crippen molar-refractivity contribution in [3.05, 3.63) is 42.2 Å². The van der Waals surface area contributed by atoms with Gasteiger partial charge in [-0.2, -0.15) is 0 Å². The van der Waals surface area contributed by atoms with E-state index in [1.54, 1.807) is 24.8 Å². The molecule has 1 aromatic carbocycles. The maximum atomic E-state index is 5.95. The summed E-state index contributed by atoms with van der Waals surface area (Å²) in [6.45, 7) is 3.80. The monoisotopic (exact) mass is 357 g/mol. The van der Waals surface area contributed by atoms with E-state index < -0.39 is 0 Å². The molecule has 3 aromatic rings. The average molecular weight is 357 g/mol. The Morgan fingerprint density at radius 2 is 1.96 bits per heavy atom. The summed E-state index contributed by atoms with van der Waals surface area (Å²) in [5, 5.41) is 1.19. The van der Waals surface area contributed by atoms with Gasteiger partial charge in [0.05, 0.1) is 30.8 Å². The van der Waals surface area contributed by atoms with Gasteiger partial charge in [0, 0.05) is 13.1 Å². The lowest BCUT2D eigenvalue weighted by molar-refractivity contribution is 0.123. The zero-order valence-corrected chi connectivity index (χ0v) is 14.8. The Morgan fingerprint density at radius 3 is 2.72 bits per heavy atom. The van der Waals surface area contributed by atoms with Gasteiger partial charge in [-0.3, -0.25) is 0 Å². The molecule has 0 atom stereocenters. The lowest BCUT2D eigenvalue weighted by Gasteiger charge is -2.27. The highest BCUT2D eigenvalue weighted by Gasteiger charge is 2.17. The second-order valence-corrected chi connectivity index (χ2v) is 6.74. The molecule has 25 heavy (non-hydrogen) atoms. The van der Waals surface area contributed by atoms with Gasteiger partial charge in [-0.25, -0.2) is 9.97 Å². The summed E-state index contributed by atoms with van der Waals surface area (Å²) in [5.74, 6) is 1.46.